The third-order valence-electron chi connectivity index (χ3n) is 4.06. The summed E-state index contributed by atoms with van der Waals surface area (Å²) in [5, 5.41) is 0. The van der Waals surface area contributed by atoms with Crippen LogP contribution in [0.25, 0.3) is 0 Å². The fraction of sp³-hybridized carbons (Fsp3) is 0.400. The topological polar surface area (TPSA) is 27.7 Å². The SMILES string of the molecule is c1ccc(COC[C@@H]2C[C@H](OCc3ccccc3)CCO2)cc1. The molecule has 0 radical (unpaired) electrons. The van der Waals surface area contributed by atoms with Crippen LogP contribution in [0.1, 0.15) is 24.0 Å². The minimum Gasteiger partial charge on any atom is -0.376 e. The van der Waals surface area contributed by atoms with E-state index in [0.29, 0.717) is 19.8 Å². The second kappa shape index (κ2) is 8.82. The van der Waals surface area contributed by atoms with Crippen molar-refractivity contribution in [3.8, 4) is 0 Å². The van der Waals surface area contributed by atoms with Crippen molar-refractivity contribution >= 4 is 0 Å². The van der Waals surface area contributed by atoms with Crippen molar-refractivity contribution < 1.29 is 14.2 Å². The normalized spacial score (nSPS) is 21.2. The number of benzene rings is 2. The molecule has 1 aliphatic rings. The van der Waals surface area contributed by atoms with Crippen molar-refractivity contribution in [2.24, 2.45) is 0 Å². The highest BCUT2D eigenvalue weighted by molar-refractivity contribution is 5.14. The lowest BCUT2D eigenvalue weighted by molar-refractivity contribution is -0.103. The summed E-state index contributed by atoms with van der Waals surface area (Å²) in [6, 6.07) is 20.5. The molecule has 2 aromatic rings. The molecule has 1 heterocycles. The Morgan fingerprint density at radius 3 is 2.22 bits per heavy atom. The van der Waals surface area contributed by atoms with Crippen molar-refractivity contribution in [3.63, 3.8) is 0 Å². The maximum Gasteiger partial charge on any atom is 0.0833 e. The van der Waals surface area contributed by atoms with E-state index in [2.05, 4.69) is 24.3 Å². The van der Waals surface area contributed by atoms with Crippen molar-refractivity contribution in [3.05, 3.63) is 71.8 Å². The molecule has 0 spiro atoms. The van der Waals surface area contributed by atoms with Gasteiger partial charge in [-0.25, -0.2) is 0 Å². The van der Waals surface area contributed by atoms with E-state index in [4.69, 9.17) is 14.2 Å². The highest BCUT2D eigenvalue weighted by Gasteiger charge is 2.23. The summed E-state index contributed by atoms with van der Waals surface area (Å²) in [5.74, 6) is 0. The molecule has 0 unspecified atom stereocenters. The summed E-state index contributed by atoms with van der Waals surface area (Å²) in [4.78, 5) is 0. The summed E-state index contributed by atoms with van der Waals surface area (Å²) in [7, 11) is 0. The van der Waals surface area contributed by atoms with Crippen molar-refractivity contribution in [1.82, 2.24) is 0 Å². The number of ether oxygens (including phenoxy) is 3. The molecule has 3 heteroatoms. The van der Waals surface area contributed by atoms with Gasteiger partial charge in [0.15, 0.2) is 0 Å². The fourth-order valence-corrected chi connectivity index (χ4v) is 2.78. The summed E-state index contributed by atoms with van der Waals surface area (Å²) in [6.07, 6.45) is 2.26. The third-order valence-corrected chi connectivity index (χ3v) is 4.06. The van der Waals surface area contributed by atoms with Gasteiger partial charge in [0.25, 0.3) is 0 Å². The highest BCUT2D eigenvalue weighted by atomic mass is 16.5. The van der Waals surface area contributed by atoms with Crippen LogP contribution in [-0.4, -0.2) is 25.4 Å². The zero-order valence-corrected chi connectivity index (χ0v) is 13.4. The molecule has 2 aromatic carbocycles. The molecule has 1 fully saturated rings. The number of hydrogen-bond donors (Lipinski definition) is 0. The lowest BCUT2D eigenvalue weighted by atomic mass is 10.1. The quantitative estimate of drug-likeness (QED) is 0.774. The first-order chi connectivity index (χ1) is 11.4. The lowest BCUT2D eigenvalue weighted by Gasteiger charge is -2.29. The molecular weight excluding hydrogens is 288 g/mol. The smallest absolute Gasteiger partial charge is 0.0833 e. The van der Waals surface area contributed by atoms with E-state index in [1.807, 2.05) is 36.4 Å². The Labute approximate surface area is 138 Å². The Hall–Kier alpha value is -1.68. The standard InChI is InChI=1S/C20H24O3/c1-3-7-17(8-4-1)14-21-16-20-13-19(11-12-22-20)23-15-18-9-5-2-6-10-18/h1-10,19-20H,11-16H2/t19-,20+/m1/s1. The van der Waals surface area contributed by atoms with Gasteiger partial charge in [-0.15, -0.1) is 0 Å². The Bertz CT molecular complexity index is 556. The van der Waals surface area contributed by atoms with Gasteiger partial charge in [0.05, 0.1) is 32.0 Å². The van der Waals surface area contributed by atoms with E-state index in [9.17, 15) is 0 Å². The molecule has 0 amide bonds. The van der Waals surface area contributed by atoms with E-state index < -0.39 is 0 Å². The Morgan fingerprint density at radius 1 is 0.870 bits per heavy atom. The van der Waals surface area contributed by atoms with Gasteiger partial charge in [0.1, 0.15) is 0 Å². The van der Waals surface area contributed by atoms with Crippen LogP contribution in [-0.2, 0) is 27.4 Å². The predicted molar refractivity (Wildman–Crippen MR) is 90.1 cm³/mol. The zero-order chi connectivity index (χ0) is 15.7. The second-order valence-electron chi connectivity index (χ2n) is 5.94. The van der Waals surface area contributed by atoms with Crippen LogP contribution in [0.15, 0.2) is 60.7 Å². The molecule has 122 valence electrons. The molecule has 2 atom stereocenters. The molecule has 3 rings (SSSR count). The van der Waals surface area contributed by atoms with E-state index in [0.717, 1.165) is 19.4 Å². The number of rotatable bonds is 7. The summed E-state index contributed by atoms with van der Waals surface area (Å²) in [5.41, 5.74) is 2.41. The average Bonchev–Trinajstić information content (AvgIpc) is 2.62. The second-order valence-corrected chi connectivity index (χ2v) is 5.94. The molecule has 0 aliphatic carbocycles. The largest absolute Gasteiger partial charge is 0.376 e. The Balaban J connectivity index is 1.38. The van der Waals surface area contributed by atoms with E-state index in [1.54, 1.807) is 0 Å². The first-order valence-corrected chi connectivity index (χ1v) is 8.29. The van der Waals surface area contributed by atoms with Crippen LogP contribution in [0, 0.1) is 0 Å². The van der Waals surface area contributed by atoms with Gasteiger partial charge in [-0.05, 0) is 17.5 Å². The van der Waals surface area contributed by atoms with Gasteiger partial charge in [-0.2, -0.15) is 0 Å². The predicted octanol–water partition coefficient (Wildman–Crippen LogP) is 3.97. The minimum absolute atomic E-state index is 0.133. The maximum atomic E-state index is 6.03. The van der Waals surface area contributed by atoms with Gasteiger partial charge in [-0.1, -0.05) is 60.7 Å². The molecule has 1 aliphatic heterocycles. The minimum atomic E-state index is 0.133. The number of hydrogen-bond acceptors (Lipinski definition) is 3. The summed E-state index contributed by atoms with van der Waals surface area (Å²) < 4.78 is 17.6. The van der Waals surface area contributed by atoms with Crippen LogP contribution >= 0.6 is 0 Å². The highest BCUT2D eigenvalue weighted by Crippen LogP contribution is 2.19. The first kappa shape index (κ1) is 16.2. The maximum absolute atomic E-state index is 6.03. The van der Waals surface area contributed by atoms with Gasteiger partial charge < -0.3 is 14.2 Å². The fourth-order valence-electron chi connectivity index (χ4n) is 2.78. The van der Waals surface area contributed by atoms with Gasteiger partial charge in [0.2, 0.25) is 0 Å². The van der Waals surface area contributed by atoms with Crippen LogP contribution < -0.4 is 0 Å². The zero-order valence-electron chi connectivity index (χ0n) is 13.4. The van der Waals surface area contributed by atoms with Gasteiger partial charge in [0, 0.05) is 13.0 Å². The van der Waals surface area contributed by atoms with Crippen LogP contribution in [0.5, 0.6) is 0 Å². The summed E-state index contributed by atoms with van der Waals surface area (Å²) in [6.45, 7) is 2.68. The Kier molecular flexibility index (Phi) is 6.21. The van der Waals surface area contributed by atoms with Crippen LogP contribution in [0.4, 0.5) is 0 Å². The molecule has 0 bridgehead atoms. The van der Waals surface area contributed by atoms with Crippen LogP contribution in [0.2, 0.25) is 0 Å². The van der Waals surface area contributed by atoms with E-state index in [1.165, 1.54) is 11.1 Å². The molecule has 23 heavy (non-hydrogen) atoms. The van der Waals surface area contributed by atoms with E-state index in [-0.39, 0.29) is 12.2 Å². The molecule has 0 N–H and O–H groups in total. The summed E-state index contributed by atoms with van der Waals surface area (Å²) >= 11 is 0. The molecule has 3 nitrogen and oxygen atoms in total. The van der Waals surface area contributed by atoms with Crippen molar-refractivity contribution in [2.45, 2.75) is 38.3 Å². The van der Waals surface area contributed by atoms with Crippen molar-refractivity contribution in [2.75, 3.05) is 13.2 Å². The third kappa shape index (κ3) is 5.47. The average molecular weight is 312 g/mol. The van der Waals surface area contributed by atoms with Gasteiger partial charge >= 0.3 is 0 Å². The molecule has 0 aromatic heterocycles. The monoisotopic (exact) mass is 312 g/mol. The van der Waals surface area contributed by atoms with Crippen LogP contribution in [0.3, 0.4) is 0 Å². The lowest BCUT2D eigenvalue weighted by Crippen LogP contribution is -2.33. The first-order valence-electron chi connectivity index (χ1n) is 8.29. The van der Waals surface area contributed by atoms with E-state index >= 15 is 0 Å². The molecular formula is C20H24O3. The molecule has 0 saturated carbocycles. The van der Waals surface area contributed by atoms with Gasteiger partial charge in [-0.3, -0.25) is 0 Å². The Morgan fingerprint density at radius 2 is 1.52 bits per heavy atom. The van der Waals surface area contributed by atoms with Crippen molar-refractivity contribution in [1.29, 1.82) is 0 Å². The molecule has 1 saturated heterocycles.